The lowest BCUT2D eigenvalue weighted by Gasteiger charge is -2.24. The van der Waals surface area contributed by atoms with Crippen LogP contribution in [0.1, 0.15) is 19.4 Å². The molecule has 4 nitrogen and oxygen atoms in total. The van der Waals surface area contributed by atoms with Gasteiger partial charge in [-0.15, -0.1) is 0 Å². The number of likely N-dealkylation sites (N-methyl/N-ethyl adjacent to an activating group) is 2. The summed E-state index contributed by atoms with van der Waals surface area (Å²) in [6.45, 7) is 5.67. The van der Waals surface area contributed by atoms with E-state index in [9.17, 15) is 9.18 Å². The van der Waals surface area contributed by atoms with Crippen LogP contribution in [0.5, 0.6) is 0 Å². The van der Waals surface area contributed by atoms with Crippen LogP contribution >= 0.6 is 0 Å². The second kappa shape index (κ2) is 7.09. The van der Waals surface area contributed by atoms with Gasteiger partial charge in [0.1, 0.15) is 5.82 Å². The summed E-state index contributed by atoms with van der Waals surface area (Å²) in [6.07, 6.45) is 0. The predicted octanol–water partition coefficient (Wildman–Crippen LogP) is 1.59. The number of hydrogen-bond donors (Lipinski definition) is 1. The molecule has 1 aromatic carbocycles. The summed E-state index contributed by atoms with van der Waals surface area (Å²) in [7, 11) is 1.78. The average Bonchev–Trinajstić information content (AvgIpc) is 2.39. The third kappa shape index (κ3) is 3.92. The van der Waals surface area contributed by atoms with Gasteiger partial charge in [-0.1, -0.05) is 6.07 Å². The lowest BCUT2D eigenvalue weighted by molar-refractivity contribution is -0.129. The number of rotatable bonds is 6. The zero-order chi connectivity index (χ0) is 14.4. The molecule has 0 aliphatic heterocycles. The molecule has 0 saturated carbocycles. The monoisotopic (exact) mass is 267 g/mol. The zero-order valence-electron chi connectivity index (χ0n) is 11.8. The van der Waals surface area contributed by atoms with Crippen molar-refractivity contribution in [1.29, 1.82) is 0 Å². The van der Waals surface area contributed by atoms with E-state index in [1.54, 1.807) is 29.0 Å². The van der Waals surface area contributed by atoms with Crippen LogP contribution in [0.4, 0.5) is 10.1 Å². The molecule has 0 heterocycles. The summed E-state index contributed by atoms with van der Waals surface area (Å²) in [5, 5.41) is 0. The van der Waals surface area contributed by atoms with Gasteiger partial charge < -0.3 is 15.5 Å². The number of nitrogens with zero attached hydrogens (tertiary/aromatic N) is 2. The van der Waals surface area contributed by atoms with E-state index in [4.69, 9.17) is 5.73 Å². The summed E-state index contributed by atoms with van der Waals surface area (Å²) in [4.78, 5) is 15.5. The average molecular weight is 267 g/mol. The van der Waals surface area contributed by atoms with Crippen LogP contribution in [0.3, 0.4) is 0 Å². The molecule has 0 aromatic heterocycles. The van der Waals surface area contributed by atoms with E-state index >= 15 is 0 Å². The maximum Gasteiger partial charge on any atom is 0.242 e. The Morgan fingerprint density at radius 2 is 1.95 bits per heavy atom. The van der Waals surface area contributed by atoms with Crippen LogP contribution in [0.25, 0.3) is 0 Å². The number of halogens is 1. The first-order valence-corrected chi connectivity index (χ1v) is 6.50. The van der Waals surface area contributed by atoms with Gasteiger partial charge in [-0.2, -0.15) is 0 Å². The minimum Gasteiger partial charge on any atom is -0.365 e. The first-order valence-electron chi connectivity index (χ1n) is 6.50. The van der Waals surface area contributed by atoms with Crippen molar-refractivity contribution in [2.75, 3.05) is 31.6 Å². The molecule has 0 unspecified atom stereocenters. The highest BCUT2D eigenvalue weighted by atomic mass is 19.1. The molecule has 0 spiro atoms. The van der Waals surface area contributed by atoms with Gasteiger partial charge >= 0.3 is 0 Å². The number of carbonyl (C=O) groups excluding carboxylic acids is 1. The standard InChI is InChI=1S/C14H22FN3O/c1-4-18(5-2)14(19)10-17(3)12-7-6-11(9-16)13(15)8-12/h6-8H,4-5,9-10,16H2,1-3H3. The molecular formula is C14H22FN3O. The van der Waals surface area contributed by atoms with E-state index < -0.39 is 0 Å². The lowest BCUT2D eigenvalue weighted by Crippen LogP contribution is -2.38. The van der Waals surface area contributed by atoms with Gasteiger partial charge in [0.05, 0.1) is 6.54 Å². The van der Waals surface area contributed by atoms with E-state index in [1.165, 1.54) is 6.07 Å². The smallest absolute Gasteiger partial charge is 0.242 e. The van der Waals surface area contributed by atoms with Crippen molar-refractivity contribution in [1.82, 2.24) is 4.90 Å². The number of carbonyl (C=O) groups is 1. The SMILES string of the molecule is CCN(CC)C(=O)CN(C)c1ccc(CN)c(F)c1. The molecule has 0 bridgehead atoms. The number of nitrogens with two attached hydrogens (primary N) is 1. The summed E-state index contributed by atoms with van der Waals surface area (Å²) in [5.41, 5.74) is 6.57. The molecule has 0 aliphatic rings. The Hall–Kier alpha value is -1.62. The second-order valence-corrected chi connectivity index (χ2v) is 4.40. The Bertz CT molecular complexity index is 433. The van der Waals surface area contributed by atoms with Crippen LogP contribution in [0.15, 0.2) is 18.2 Å². The molecule has 0 fully saturated rings. The van der Waals surface area contributed by atoms with Crippen molar-refractivity contribution in [3.8, 4) is 0 Å². The summed E-state index contributed by atoms with van der Waals surface area (Å²) >= 11 is 0. The van der Waals surface area contributed by atoms with Gasteiger partial charge in [-0.3, -0.25) is 4.79 Å². The molecule has 0 saturated heterocycles. The molecule has 0 atom stereocenters. The Kier molecular flexibility index (Phi) is 5.76. The van der Waals surface area contributed by atoms with E-state index in [1.807, 2.05) is 13.8 Å². The van der Waals surface area contributed by atoms with Gasteiger partial charge in [0.15, 0.2) is 0 Å². The Morgan fingerprint density at radius 1 is 1.32 bits per heavy atom. The van der Waals surface area contributed by atoms with Gasteiger partial charge in [-0.25, -0.2) is 4.39 Å². The van der Waals surface area contributed by atoms with Crippen molar-refractivity contribution < 1.29 is 9.18 Å². The Morgan fingerprint density at radius 3 is 2.42 bits per heavy atom. The normalized spacial score (nSPS) is 10.4. The van der Waals surface area contributed by atoms with Crippen LogP contribution in [-0.2, 0) is 11.3 Å². The molecule has 5 heteroatoms. The topological polar surface area (TPSA) is 49.6 Å². The number of benzene rings is 1. The Labute approximate surface area is 114 Å². The van der Waals surface area contributed by atoms with Crippen LogP contribution in [0.2, 0.25) is 0 Å². The fourth-order valence-corrected chi connectivity index (χ4v) is 1.91. The van der Waals surface area contributed by atoms with E-state index in [0.29, 0.717) is 24.3 Å². The largest absolute Gasteiger partial charge is 0.365 e. The van der Waals surface area contributed by atoms with Gasteiger partial charge in [0.25, 0.3) is 0 Å². The van der Waals surface area contributed by atoms with Crippen LogP contribution in [-0.4, -0.2) is 37.5 Å². The van der Waals surface area contributed by atoms with E-state index in [0.717, 1.165) is 0 Å². The van der Waals surface area contributed by atoms with Crippen molar-refractivity contribution in [2.24, 2.45) is 5.73 Å². The molecule has 2 N–H and O–H groups in total. The third-order valence-corrected chi connectivity index (χ3v) is 3.19. The molecular weight excluding hydrogens is 245 g/mol. The second-order valence-electron chi connectivity index (χ2n) is 4.40. The van der Waals surface area contributed by atoms with Gasteiger partial charge in [0, 0.05) is 37.9 Å². The van der Waals surface area contributed by atoms with Gasteiger partial charge in [0.2, 0.25) is 5.91 Å². The maximum atomic E-state index is 13.6. The fraction of sp³-hybridized carbons (Fsp3) is 0.500. The summed E-state index contributed by atoms with van der Waals surface area (Å²) < 4.78 is 13.6. The van der Waals surface area contributed by atoms with Crippen molar-refractivity contribution in [3.05, 3.63) is 29.6 Å². The quantitative estimate of drug-likeness (QED) is 0.851. The number of anilines is 1. The van der Waals surface area contributed by atoms with Gasteiger partial charge in [-0.05, 0) is 26.0 Å². The van der Waals surface area contributed by atoms with Crippen LogP contribution < -0.4 is 10.6 Å². The summed E-state index contributed by atoms with van der Waals surface area (Å²) in [6, 6.07) is 4.85. The summed E-state index contributed by atoms with van der Waals surface area (Å²) in [5.74, 6) is -0.294. The molecule has 19 heavy (non-hydrogen) atoms. The number of hydrogen-bond acceptors (Lipinski definition) is 3. The molecule has 0 aliphatic carbocycles. The molecule has 1 rings (SSSR count). The zero-order valence-corrected chi connectivity index (χ0v) is 11.8. The predicted molar refractivity (Wildman–Crippen MR) is 75.5 cm³/mol. The number of amides is 1. The minimum absolute atomic E-state index is 0.0378. The maximum absolute atomic E-state index is 13.6. The molecule has 0 radical (unpaired) electrons. The first kappa shape index (κ1) is 15.4. The van der Waals surface area contributed by atoms with Crippen molar-refractivity contribution >= 4 is 11.6 Å². The van der Waals surface area contributed by atoms with Crippen LogP contribution in [0, 0.1) is 5.82 Å². The third-order valence-electron chi connectivity index (χ3n) is 3.19. The van der Waals surface area contributed by atoms with Crippen molar-refractivity contribution in [2.45, 2.75) is 20.4 Å². The molecule has 1 amide bonds. The first-order chi connectivity index (χ1) is 9.03. The molecule has 106 valence electrons. The lowest BCUT2D eigenvalue weighted by atomic mass is 10.2. The highest BCUT2D eigenvalue weighted by Crippen LogP contribution is 2.17. The van der Waals surface area contributed by atoms with E-state index in [2.05, 4.69) is 0 Å². The highest BCUT2D eigenvalue weighted by molar-refractivity contribution is 5.81. The highest BCUT2D eigenvalue weighted by Gasteiger charge is 2.13. The van der Waals surface area contributed by atoms with E-state index in [-0.39, 0.29) is 24.8 Å². The fourth-order valence-electron chi connectivity index (χ4n) is 1.91. The Balaban J connectivity index is 2.75. The molecule has 1 aromatic rings. The van der Waals surface area contributed by atoms with Crippen molar-refractivity contribution in [3.63, 3.8) is 0 Å². The minimum atomic E-state index is -0.331.